The van der Waals surface area contributed by atoms with Crippen molar-refractivity contribution in [1.29, 1.82) is 0 Å². The van der Waals surface area contributed by atoms with Crippen LogP contribution in [0.4, 0.5) is 0 Å². The van der Waals surface area contributed by atoms with Crippen LogP contribution in [0.5, 0.6) is 11.5 Å². The summed E-state index contributed by atoms with van der Waals surface area (Å²) >= 11 is 0. The second-order valence-corrected chi connectivity index (χ2v) is 24.8. The number of unbranched alkanes of at least 4 members (excludes halogenated alkanes) is 4. The van der Waals surface area contributed by atoms with Crippen LogP contribution in [0.1, 0.15) is 63.5 Å². The minimum atomic E-state index is -3.14. The maximum atomic E-state index is 6.63. The van der Waals surface area contributed by atoms with Gasteiger partial charge in [0.05, 0.1) is 13.2 Å². The quantitative estimate of drug-likeness (QED) is 0.106. The van der Waals surface area contributed by atoms with E-state index >= 15 is 0 Å². The highest BCUT2D eigenvalue weighted by Crippen LogP contribution is 2.38. The van der Waals surface area contributed by atoms with Gasteiger partial charge in [0.1, 0.15) is 11.5 Å². The molecule has 6 aromatic rings. The molecule has 4 aromatic heterocycles. The van der Waals surface area contributed by atoms with Crippen molar-refractivity contribution in [1.82, 2.24) is 19.9 Å². The van der Waals surface area contributed by atoms with Crippen LogP contribution in [0, 0.1) is 13.8 Å². The van der Waals surface area contributed by atoms with Gasteiger partial charge in [-0.1, -0.05) is 51.7 Å². The van der Waals surface area contributed by atoms with Crippen molar-refractivity contribution in [2.75, 3.05) is 13.2 Å². The smallest absolute Gasteiger partial charge is 0.155 e. The van der Waals surface area contributed by atoms with Gasteiger partial charge in [0, 0.05) is 49.6 Å². The van der Waals surface area contributed by atoms with Crippen molar-refractivity contribution in [3.63, 3.8) is 0 Å². The first-order valence-electron chi connectivity index (χ1n) is 18.8. The van der Waals surface area contributed by atoms with Crippen LogP contribution < -0.4 is 40.6 Å². The molecule has 0 fully saturated rings. The van der Waals surface area contributed by atoms with Crippen LogP contribution in [0.15, 0.2) is 122 Å². The monoisotopic (exact) mass is 720 g/mol. The lowest BCUT2D eigenvalue weighted by molar-refractivity contribution is 0.304. The Labute approximate surface area is 310 Å². The van der Waals surface area contributed by atoms with Crippen LogP contribution in [-0.2, 0) is 0 Å². The van der Waals surface area contributed by atoms with E-state index in [2.05, 4.69) is 120 Å². The number of aromatic nitrogens is 4. The molecule has 1 aliphatic rings. The molecule has 0 bridgehead atoms. The number of hydrogen-bond acceptors (Lipinski definition) is 6. The summed E-state index contributed by atoms with van der Waals surface area (Å²) < 4.78 is 13.3. The fraction of sp³-hybridized carbons (Fsp3) is 0.273. The topological polar surface area (TPSA) is 70.0 Å². The van der Waals surface area contributed by atoms with Gasteiger partial charge in [-0.25, -0.2) is 0 Å². The van der Waals surface area contributed by atoms with Gasteiger partial charge >= 0.3 is 0 Å². The SMILES string of the molecule is CCCCCOc1cc2c(cc1C)[Si](c1ccncc1)(c1ccncc1)[Si](c1ccncc1)(c1ccncc1)c1cc(C)c(OCCCCC)cc1-2. The highest BCUT2D eigenvalue weighted by atomic mass is 29.3. The van der Waals surface area contributed by atoms with Crippen molar-refractivity contribution in [2.45, 2.75) is 66.2 Å². The van der Waals surface area contributed by atoms with E-state index in [4.69, 9.17) is 9.47 Å². The Hall–Kier alpha value is -4.93. The van der Waals surface area contributed by atoms with E-state index in [0.29, 0.717) is 13.2 Å². The maximum Gasteiger partial charge on any atom is 0.155 e. The number of pyridine rings is 4. The minimum Gasteiger partial charge on any atom is -0.493 e. The first kappa shape index (κ1) is 35.5. The van der Waals surface area contributed by atoms with E-state index in [-0.39, 0.29) is 0 Å². The van der Waals surface area contributed by atoms with Gasteiger partial charge in [-0.2, -0.15) is 0 Å². The Morgan fingerprint density at radius 3 is 1.04 bits per heavy atom. The van der Waals surface area contributed by atoms with Gasteiger partial charge < -0.3 is 9.47 Å². The normalized spacial score (nSPS) is 13.9. The van der Waals surface area contributed by atoms with E-state index in [9.17, 15) is 0 Å². The summed E-state index contributed by atoms with van der Waals surface area (Å²) in [7, 11) is -6.27. The number of nitrogens with zero attached hydrogens (tertiary/aromatic N) is 4. The molecular weight excluding hydrogens is 673 g/mol. The Balaban J connectivity index is 1.67. The third-order valence-corrected chi connectivity index (χ3v) is 27.6. The predicted octanol–water partition coefficient (Wildman–Crippen LogP) is 5.72. The second kappa shape index (κ2) is 15.8. The Morgan fingerprint density at radius 2 is 0.750 bits per heavy atom. The van der Waals surface area contributed by atoms with Gasteiger partial charge in [-0.15, -0.1) is 0 Å². The summed E-state index contributed by atoms with van der Waals surface area (Å²) in [6.45, 7) is 10.3. The molecule has 8 heteroatoms. The molecule has 0 radical (unpaired) electrons. The second-order valence-electron chi connectivity index (χ2n) is 13.9. The molecule has 0 saturated carbocycles. The fourth-order valence-corrected chi connectivity index (χ4v) is 28.5. The van der Waals surface area contributed by atoms with Crippen molar-refractivity contribution in [3.8, 4) is 22.6 Å². The zero-order valence-electron chi connectivity index (χ0n) is 30.8. The molecule has 0 saturated heterocycles. The molecule has 0 aliphatic carbocycles. The molecule has 0 spiro atoms. The van der Waals surface area contributed by atoms with Crippen molar-refractivity contribution in [3.05, 3.63) is 133 Å². The zero-order valence-corrected chi connectivity index (χ0v) is 32.8. The standard InChI is InChI=1S/C44H48N4O2Si2/c1-5-7-9-27-49-41-31-39-40-32-42(50-28-10-8-6-2)34(4)30-44(40)52(37-15-23-47-24-16-37,38-17-25-48-26-18-38)51(43(39)29-33(41)3,35-11-19-45-20-12-35)36-13-21-46-22-14-36/h11-26,29-32H,5-10,27-28H2,1-4H3. The van der Waals surface area contributed by atoms with Gasteiger partial charge in [-0.3, -0.25) is 19.9 Å². The van der Waals surface area contributed by atoms with E-state index in [1.54, 1.807) is 0 Å². The third kappa shape index (κ3) is 6.07. The van der Waals surface area contributed by atoms with E-state index in [1.165, 1.54) is 42.2 Å². The lowest BCUT2D eigenvalue weighted by Crippen LogP contribution is -2.95. The third-order valence-electron chi connectivity index (χ3n) is 10.8. The molecule has 52 heavy (non-hydrogen) atoms. The molecule has 0 amide bonds. The van der Waals surface area contributed by atoms with Gasteiger partial charge in [0.2, 0.25) is 0 Å². The number of ether oxygens (including phenoxy) is 2. The number of aryl methyl sites for hydroxylation is 2. The van der Waals surface area contributed by atoms with Crippen molar-refractivity contribution >= 4 is 46.3 Å². The lowest BCUT2D eigenvalue weighted by Gasteiger charge is -2.54. The highest BCUT2D eigenvalue weighted by Gasteiger charge is 2.65. The maximum absolute atomic E-state index is 6.63. The summed E-state index contributed by atoms with van der Waals surface area (Å²) in [5, 5.41) is 8.00. The first-order valence-corrected chi connectivity index (χ1v) is 23.8. The Morgan fingerprint density at radius 1 is 0.442 bits per heavy atom. The van der Waals surface area contributed by atoms with Crippen molar-refractivity contribution in [2.24, 2.45) is 0 Å². The molecule has 1 aliphatic heterocycles. The van der Waals surface area contributed by atoms with E-state index in [0.717, 1.165) is 61.2 Å². The summed E-state index contributed by atoms with van der Waals surface area (Å²) in [5.41, 5.74) is 4.73. The van der Waals surface area contributed by atoms with Gasteiger partial charge in [-0.05, 0) is 141 Å². The zero-order chi connectivity index (χ0) is 36.0. The van der Waals surface area contributed by atoms with Crippen LogP contribution in [0.25, 0.3) is 11.1 Å². The molecule has 7 rings (SSSR count). The number of hydrogen-bond donors (Lipinski definition) is 0. The molecule has 0 N–H and O–H groups in total. The molecule has 6 nitrogen and oxygen atoms in total. The van der Waals surface area contributed by atoms with Crippen LogP contribution in [0.2, 0.25) is 0 Å². The molecule has 264 valence electrons. The predicted molar refractivity (Wildman–Crippen MR) is 218 cm³/mol. The number of rotatable bonds is 14. The molecule has 2 aromatic carbocycles. The number of fused-ring (bicyclic) bond motifs is 3. The highest BCUT2D eigenvalue weighted by molar-refractivity contribution is 7.68. The average molecular weight is 721 g/mol. The van der Waals surface area contributed by atoms with Crippen LogP contribution in [-0.4, -0.2) is 48.3 Å². The molecule has 0 atom stereocenters. The Kier molecular flexibility index (Phi) is 10.8. The Bertz CT molecular complexity index is 1870. The minimum absolute atomic E-state index is 0.698. The molecule has 5 heterocycles. The largest absolute Gasteiger partial charge is 0.493 e. The summed E-state index contributed by atoms with van der Waals surface area (Å²) in [4.78, 5) is 18.3. The molecular formula is C44H48N4O2Si2. The van der Waals surface area contributed by atoms with Crippen LogP contribution >= 0.6 is 0 Å². The summed E-state index contributed by atoms with van der Waals surface area (Å²) in [6.07, 6.45) is 22.4. The lowest BCUT2D eigenvalue weighted by atomic mass is 10.0. The number of benzene rings is 2. The van der Waals surface area contributed by atoms with E-state index < -0.39 is 15.2 Å². The summed E-state index contributed by atoms with van der Waals surface area (Å²) in [6, 6.07) is 27.8. The van der Waals surface area contributed by atoms with Gasteiger partial charge in [0.25, 0.3) is 0 Å². The molecule has 0 unspecified atom stereocenters. The van der Waals surface area contributed by atoms with E-state index in [1.807, 2.05) is 49.6 Å². The fourth-order valence-electron chi connectivity index (χ4n) is 8.45. The van der Waals surface area contributed by atoms with Crippen LogP contribution in [0.3, 0.4) is 0 Å². The average Bonchev–Trinajstić information content (AvgIpc) is 3.19. The first-order chi connectivity index (χ1) is 25.6. The van der Waals surface area contributed by atoms with Gasteiger partial charge in [0.15, 0.2) is 15.2 Å². The van der Waals surface area contributed by atoms with Crippen molar-refractivity contribution < 1.29 is 9.47 Å². The summed E-state index contributed by atoms with van der Waals surface area (Å²) in [5.74, 6) is 1.89.